The van der Waals surface area contributed by atoms with Crippen LogP contribution in [0.25, 0.3) is 0 Å². The molecule has 1 aliphatic heterocycles. The molecular weight excluding hydrogens is 400 g/mol. The predicted octanol–water partition coefficient (Wildman–Crippen LogP) is 5.24. The van der Waals surface area contributed by atoms with Crippen LogP contribution in [0, 0.1) is 34.5 Å². The molecule has 3 aliphatic carbocycles. The second kappa shape index (κ2) is 7.64. The van der Waals surface area contributed by atoms with Crippen LogP contribution in [-0.2, 0) is 9.59 Å². The van der Waals surface area contributed by atoms with E-state index in [9.17, 15) is 9.59 Å². The lowest BCUT2D eigenvalue weighted by Crippen LogP contribution is -2.54. The molecule has 0 unspecified atom stereocenters. The van der Waals surface area contributed by atoms with E-state index in [4.69, 9.17) is 4.74 Å². The standard InChI is InChI=1S/C27H36N2O3/c1-26-14-12-21-19(8-11-23-27(21,2)15-13-24(30)29(23)3)20(26)9-10-22(26)25(31)28-17-6-5-7-18(16-17)32-4/h5-7,11,16,19-22H,8-10,12-15H2,1-4H3,(H,28,31)/t19-,20-,21-,22-,26-,27+/m0/s1. The Bertz CT molecular complexity index is 971. The fourth-order valence-electron chi connectivity index (χ4n) is 7.94. The van der Waals surface area contributed by atoms with Crippen LogP contribution in [-0.4, -0.2) is 30.9 Å². The number of carbonyl (C=O) groups excluding carboxylic acids is 2. The first-order chi connectivity index (χ1) is 15.3. The zero-order valence-electron chi connectivity index (χ0n) is 19.8. The highest BCUT2D eigenvalue weighted by Gasteiger charge is 2.60. The summed E-state index contributed by atoms with van der Waals surface area (Å²) in [6.45, 7) is 4.76. The minimum atomic E-state index is 0.0439. The minimum Gasteiger partial charge on any atom is -0.497 e. The van der Waals surface area contributed by atoms with Gasteiger partial charge in [0.15, 0.2) is 0 Å². The van der Waals surface area contributed by atoms with Crippen molar-refractivity contribution in [2.75, 3.05) is 19.5 Å². The monoisotopic (exact) mass is 436 g/mol. The van der Waals surface area contributed by atoms with Gasteiger partial charge in [0, 0.05) is 42.3 Å². The lowest BCUT2D eigenvalue weighted by molar-refractivity contribution is -0.137. The van der Waals surface area contributed by atoms with Crippen LogP contribution < -0.4 is 10.1 Å². The number of ether oxygens (including phenoxy) is 1. The molecule has 4 aliphatic rings. The number of fused-ring (bicyclic) bond motifs is 5. The van der Waals surface area contributed by atoms with Gasteiger partial charge < -0.3 is 15.0 Å². The van der Waals surface area contributed by atoms with E-state index in [2.05, 4.69) is 25.2 Å². The molecule has 32 heavy (non-hydrogen) atoms. The lowest BCUT2D eigenvalue weighted by Gasteiger charge is -2.58. The molecule has 3 fully saturated rings. The zero-order valence-corrected chi connectivity index (χ0v) is 19.8. The normalized spacial score (nSPS) is 38.3. The number of hydrogen-bond acceptors (Lipinski definition) is 3. The van der Waals surface area contributed by atoms with Crippen LogP contribution in [0.3, 0.4) is 0 Å². The van der Waals surface area contributed by atoms with Crippen molar-refractivity contribution in [1.29, 1.82) is 0 Å². The fraction of sp³-hybridized carbons (Fsp3) is 0.630. The second-order valence-electron chi connectivity index (χ2n) is 11.0. The Kier molecular flexibility index (Phi) is 5.14. The fourth-order valence-corrected chi connectivity index (χ4v) is 7.94. The van der Waals surface area contributed by atoms with Gasteiger partial charge >= 0.3 is 0 Å². The summed E-state index contributed by atoms with van der Waals surface area (Å²) < 4.78 is 5.31. The van der Waals surface area contributed by atoms with E-state index in [1.807, 2.05) is 36.2 Å². The highest BCUT2D eigenvalue weighted by molar-refractivity contribution is 5.93. The number of carbonyl (C=O) groups is 2. The number of rotatable bonds is 3. The van der Waals surface area contributed by atoms with Crippen molar-refractivity contribution in [3.8, 4) is 5.75 Å². The zero-order chi connectivity index (χ0) is 22.7. The summed E-state index contributed by atoms with van der Waals surface area (Å²) in [5.74, 6) is 3.00. The molecule has 0 bridgehead atoms. The molecule has 1 N–H and O–H groups in total. The smallest absolute Gasteiger partial charge is 0.228 e. The molecule has 2 saturated carbocycles. The molecule has 172 valence electrons. The molecule has 0 aromatic heterocycles. The van der Waals surface area contributed by atoms with E-state index in [0.717, 1.165) is 50.0 Å². The molecule has 2 amide bonds. The molecule has 5 nitrogen and oxygen atoms in total. The van der Waals surface area contributed by atoms with Crippen molar-refractivity contribution >= 4 is 17.5 Å². The Morgan fingerprint density at radius 2 is 1.97 bits per heavy atom. The second-order valence-corrected chi connectivity index (χ2v) is 11.0. The summed E-state index contributed by atoms with van der Waals surface area (Å²) in [6.07, 6.45) is 9.35. The summed E-state index contributed by atoms with van der Waals surface area (Å²) in [4.78, 5) is 27.6. The SMILES string of the molecule is COc1cccc(NC(=O)[C@@H]2CC[C@H]3[C@@H]4CC=C5N(C)C(=O)CC[C@]5(C)[C@H]4CC[C@]23C)c1. The Morgan fingerprint density at radius 3 is 2.75 bits per heavy atom. The first-order valence-corrected chi connectivity index (χ1v) is 12.2. The first-order valence-electron chi connectivity index (χ1n) is 12.2. The van der Waals surface area contributed by atoms with Gasteiger partial charge in [-0.05, 0) is 73.8 Å². The topological polar surface area (TPSA) is 58.6 Å². The molecule has 1 aromatic carbocycles. The average Bonchev–Trinajstić information content (AvgIpc) is 3.14. The predicted molar refractivity (Wildman–Crippen MR) is 125 cm³/mol. The van der Waals surface area contributed by atoms with Gasteiger partial charge in [0.25, 0.3) is 0 Å². The summed E-state index contributed by atoms with van der Waals surface area (Å²) in [5.41, 5.74) is 2.20. The number of allylic oxidation sites excluding steroid dienone is 2. The Morgan fingerprint density at radius 1 is 1.16 bits per heavy atom. The van der Waals surface area contributed by atoms with E-state index in [1.165, 1.54) is 5.70 Å². The first kappa shape index (κ1) is 21.5. The molecule has 1 saturated heterocycles. The van der Waals surface area contributed by atoms with Crippen molar-refractivity contribution in [3.63, 3.8) is 0 Å². The Labute approximate surface area is 191 Å². The Hall–Kier alpha value is -2.30. The number of amides is 2. The van der Waals surface area contributed by atoms with E-state index in [-0.39, 0.29) is 28.6 Å². The van der Waals surface area contributed by atoms with Crippen molar-refractivity contribution in [2.45, 2.75) is 58.8 Å². The number of nitrogens with zero attached hydrogens (tertiary/aromatic N) is 1. The molecule has 6 atom stereocenters. The van der Waals surface area contributed by atoms with Gasteiger partial charge in [-0.15, -0.1) is 0 Å². The van der Waals surface area contributed by atoms with E-state index in [1.54, 1.807) is 7.11 Å². The van der Waals surface area contributed by atoms with Gasteiger partial charge in [-0.3, -0.25) is 9.59 Å². The maximum absolute atomic E-state index is 13.4. The summed E-state index contributed by atoms with van der Waals surface area (Å²) in [7, 11) is 3.60. The third-order valence-corrected chi connectivity index (χ3v) is 9.67. The molecule has 0 radical (unpaired) electrons. The number of anilines is 1. The molecule has 0 spiro atoms. The lowest BCUT2D eigenvalue weighted by atomic mass is 9.49. The third-order valence-electron chi connectivity index (χ3n) is 9.67. The molecule has 5 heteroatoms. The van der Waals surface area contributed by atoms with E-state index < -0.39 is 0 Å². The number of piperidine rings is 1. The van der Waals surface area contributed by atoms with Gasteiger partial charge in [0.2, 0.25) is 11.8 Å². The third kappa shape index (κ3) is 3.11. The molecule has 1 heterocycles. The van der Waals surface area contributed by atoms with Crippen LogP contribution in [0.5, 0.6) is 5.75 Å². The maximum atomic E-state index is 13.4. The Balaban J connectivity index is 1.37. The van der Waals surface area contributed by atoms with Crippen LogP contribution in [0.2, 0.25) is 0 Å². The minimum absolute atomic E-state index is 0.0439. The maximum Gasteiger partial charge on any atom is 0.228 e. The van der Waals surface area contributed by atoms with Crippen LogP contribution in [0.15, 0.2) is 36.0 Å². The van der Waals surface area contributed by atoms with Crippen LogP contribution >= 0.6 is 0 Å². The van der Waals surface area contributed by atoms with Gasteiger partial charge in [-0.25, -0.2) is 0 Å². The number of benzene rings is 1. The van der Waals surface area contributed by atoms with Crippen molar-refractivity contribution in [1.82, 2.24) is 4.90 Å². The highest BCUT2D eigenvalue weighted by Crippen LogP contribution is 2.66. The van der Waals surface area contributed by atoms with Crippen LogP contribution in [0.1, 0.15) is 58.8 Å². The van der Waals surface area contributed by atoms with Crippen LogP contribution in [0.4, 0.5) is 5.69 Å². The van der Waals surface area contributed by atoms with E-state index >= 15 is 0 Å². The van der Waals surface area contributed by atoms with Gasteiger partial charge in [-0.2, -0.15) is 0 Å². The van der Waals surface area contributed by atoms with Crippen molar-refractivity contribution in [2.24, 2.45) is 34.5 Å². The number of methoxy groups -OCH3 is 1. The van der Waals surface area contributed by atoms with E-state index in [0.29, 0.717) is 24.2 Å². The highest BCUT2D eigenvalue weighted by atomic mass is 16.5. The van der Waals surface area contributed by atoms with Crippen molar-refractivity contribution < 1.29 is 14.3 Å². The number of nitrogens with one attached hydrogen (secondary N) is 1. The molecule has 1 aromatic rings. The average molecular weight is 437 g/mol. The quantitative estimate of drug-likeness (QED) is 0.705. The molecule has 5 rings (SSSR count). The number of likely N-dealkylation sites (tertiary alicyclic amines) is 1. The summed E-state index contributed by atoms with van der Waals surface area (Å²) >= 11 is 0. The van der Waals surface area contributed by atoms with Gasteiger partial charge in [-0.1, -0.05) is 26.0 Å². The van der Waals surface area contributed by atoms with Gasteiger partial charge in [0.1, 0.15) is 5.75 Å². The summed E-state index contributed by atoms with van der Waals surface area (Å²) in [6, 6.07) is 7.63. The largest absolute Gasteiger partial charge is 0.497 e. The molecular formula is C27H36N2O3. The van der Waals surface area contributed by atoms with Gasteiger partial charge in [0.05, 0.1) is 7.11 Å². The summed E-state index contributed by atoms with van der Waals surface area (Å²) in [5, 5.41) is 3.18. The van der Waals surface area contributed by atoms with Crippen molar-refractivity contribution in [3.05, 3.63) is 36.0 Å². The number of hydrogen-bond donors (Lipinski definition) is 1.